The molecule has 9 nitrogen and oxygen atoms in total. The van der Waals surface area contributed by atoms with Crippen LogP contribution in [0.4, 0.5) is 0 Å². The Bertz CT molecular complexity index is 959. The summed E-state index contributed by atoms with van der Waals surface area (Å²) in [6, 6.07) is 0. The van der Waals surface area contributed by atoms with E-state index in [1.54, 1.807) is 6.08 Å². The lowest BCUT2D eigenvalue weighted by Crippen LogP contribution is -2.29. The summed E-state index contributed by atoms with van der Waals surface area (Å²) in [6.45, 7) is 3.64. The Hall–Kier alpha value is -1.51. The van der Waals surface area contributed by atoms with Gasteiger partial charge < -0.3 is 20.1 Å². The van der Waals surface area contributed by atoms with Crippen LogP contribution in [0.2, 0.25) is 0 Å². The van der Waals surface area contributed by atoms with E-state index in [4.69, 9.17) is 24.3 Å². The van der Waals surface area contributed by atoms with E-state index in [0.717, 1.165) is 32.1 Å². The summed E-state index contributed by atoms with van der Waals surface area (Å²) in [7, 11) is -4.40. The molecule has 0 aliphatic rings. The van der Waals surface area contributed by atoms with Crippen molar-refractivity contribution in [3.05, 3.63) is 24.3 Å². The van der Waals surface area contributed by atoms with Crippen LogP contribution in [0.1, 0.15) is 219 Å². The molecule has 0 amide bonds. The van der Waals surface area contributed by atoms with Crippen molar-refractivity contribution in [3.63, 3.8) is 0 Å². The Morgan fingerprint density at radius 1 is 0.582 bits per heavy atom. The largest absolute Gasteiger partial charge is 0.472 e. The number of phosphoric acid groups is 1. The number of carbonyl (C=O) groups excluding carboxylic acids is 2. The maximum Gasteiger partial charge on any atom is 0.472 e. The first-order valence-corrected chi connectivity index (χ1v) is 24.4. The summed E-state index contributed by atoms with van der Waals surface area (Å²) >= 11 is 0. The summed E-state index contributed by atoms with van der Waals surface area (Å²) in [5.74, 6) is -1.07. The first-order valence-electron chi connectivity index (χ1n) is 22.9. The number of rotatable bonds is 43. The maximum atomic E-state index is 12.5. The second kappa shape index (κ2) is 42.1. The fraction of sp³-hybridized carbons (Fsp3) is 0.867. The van der Waals surface area contributed by atoms with Crippen LogP contribution in [-0.4, -0.2) is 49.3 Å². The van der Waals surface area contributed by atoms with Gasteiger partial charge in [0.2, 0.25) is 0 Å². The number of hydrogen-bond donors (Lipinski definition) is 2. The minimum Gasteiger partial charge on any atom is -0.462 e. The highest BCUT2D eigenvalue weighted by molar-refractivity contribution is 7.47. The summed E-state index contributed by atoms with van der Waals surface area (Å²) in [5, 5.41) is 0. The summed E-state index contributed by atoms with van der Waals surface area (Å²) in [6.07, 6.45) is 45.6. The molecular formula is C45H86NO8P. The van der Waals surface area contributed by atoms with Crippen LogP contribution in [0.15, 0.2) is 24.3 Å². The number of carbonyl (C=O) groups is 2. The second-order valence-corrected chi connectivity index (χ2v) is 16.8. The van der Waals surface area contributed by atoms with Gasteiger partial charge in [0, 0.05) is 19.0 Å². The number of allylic oxidation sites excluding steroid dienone is 3. The van der Waals surface area contributed by atoms with E-state index in [9.17, 15) is 19.0 Å². The molecule has 0 radical (unpaired) electrons. The van der Waals surface area contributed by atoms with Crippen molar-refractivity contribution >= 4 is 19.8 Å². The van der Waals surface area contributed by atoms with Gasteiger partial charge in [-0.1, -0.05) is 212 Å². The predicted octanol–water partition coefficient (Wildman–Crippen LogP) is 13.2. The lowest BCUT2D eigenvalue weighted by molar-refractivity contribution is -0.157. The third-order valence-electron chi connectivity index (χ3n) is 9.95. The molecular weight excluding hydrogens is 713 g/mol. The average Bonchev–Trinajstić information content (AvgIpc) is 3.17. The number of unbranched alkanes of at least 4 members (excludes halogenated alkanes) is 29. The Balaban J connectivity index is 4.15. The van der Waals surface area contributed by atoms with E-state index in [0.29, 0.717) is 0 Å². The lowest BCUT2D eigenvalue weighted by atomic mass is 10.0. The van der Waals surface area contributed by atoms with Gasteiger partial charge in [-0.05, 0) is 19.3 Å². The van der Waals surface area contributed by atoms with Gasteiger partial charge >= 0.3 is 19.8 Å². The topological polar surface area (TPSA) is 134 Å². The van der Waals surface area contributed by atoms with Gasteiger partial charge in [0.25, 0.3) is 0 Å². The minimum absolute atomic E-state index is 0.0426. The standard InChI is InChI=1S/C45H86NO8P/c1-3-5-7-9-11-13-15-17-19-20-21-22-24-25-27-29-31-33-35-37-44(47)51-41-43(42-53-55(49,50)52-40-39-46)54-45(48)38-36-34-32-30-28-26-23-18-16-14-12-10-8-6-4-2/h32,34,36,38,43H,3-31,33,35,37,39-42,46H2,1-2H3,(H,49,50)/b34-32+,38-36+/t43-/m1/s1. The molecule has 0 bridgehead atoms. The number of nitrogens with two attached hydrogens (primary N) is 1. The lowest BCUT2D eigenvalue weighted by Gasteiger charge is -2.19. The zero-order valence-electron chi connectivity index (χ0n) is 35.7. The molecule has 2 atom stereocenters. The van der Waals surface area contributed by atoms with Gasteiger partial charge in [-0.2, -0.15) is 0 Å². The van der Waals surface area contributed by atoms with Crippen LogP contribution in [0.25, 0.3) is 0 Å². The van der Waals surface area contributed by atoms with Crippen LogP contribution in [0.5, 0.6) is 0 Å². The molecule has 10 heteroatoms. The van der Waals surface area contributed by atoms with E-state index in [-0.39, 0.29) is 26.2 Å². The zero-order chi connectivity index (χ0) is 40.3. The van der Waals surface area contributed by atoms with Crippen LogP contribution in [0.3, 0.4) is 0 Å². The van der Waals surface area contributed by atoms with Crippen molar-refractivity contribution in [2.75, 3.05) is 26.4 Å². The molecule has 0 spiro atoms. The van der Waals surface area contributed by atoms with Crippen LogP contribution in [-0.2, 0) is 32.7 Å². The van der Waals surface area contributed by atoms with Crippen molar-refractivity contribution in [3.8, 4) is 0 Å². The van der Waals surface area contributed by atoms with E-state index in [1.807, 2.05) is 12.2 Å². The van der Waals surface area contributed by atoms with Crippen molar-refractivity contribution in [2.45, 2.75) is 225 Å². The molecule has 0 saturated carbocycles. The number of phosphoric ester groups is 1. The predicted molar refractivity (Wildman–Crippen MR) is 229 cm³/mol. The fourth-order valence-corrected chi connectivity index (χ4v) is 7.31. The monoisotopic (exact) mass is 800 g/mol. The third kappa shape index (κ3) is 41.9. The van der Waals surface area contributed by atoms with Crippen molar-refractivity contribution in [2.24, 2.45) is 5.73 Å². The van der Waals surface area contributed by atoms with Gasteiger partial charge in [0.15, 0.2) is 6.10 Å². The number of ether oxygens (including phenoxy) is 2. The second-order valence-electron chi connectivity index (χ2n) is 15.4. The minimum atomic E-state index is -4.40. The average molecular weight is 800 g/mol. The first kappa shape index (κ1) is 53.5. The quantitative estimate of drug-likeness (QED) is 0.0203. The van der Waals surface area contributed by atoms with Crippen molar-refractivity contribution < 1.29 is 37.6 Å². The Labute approximate surface area is 338 Å². The summed E-state index contributed by atoms with van der Waals surface area (Å²) < 4.78 is 32.6. The molecule has 55 heavy (non-hydrogen) atoms. The highest BCUT2D eigenvalue weighted by atomic mass is 31.2. The molecule has 0 aromatic carbocycles. The molecule has 324 valence electrons. The van der Waals surface area contributed by atoms with E-state index >= 15 is 0 Å². The van der Waals surface area contributed by atoms with Crippen LogP contribution >= 0.6 is 7.82 Å². The SMILES string of the molecule is CCCCCCCCCCCCC/C=C/C=C/C(=O)O[C@H](COC(=O)CCCCCCCCCCCCCCCCCCCCC)COP(=O)(O)OCCN. The maximum absolute atomic E-state index is 12.5. The molecule has 3 N–H and O–H groups in total. The van der Waals surface area contributed by atoms with E-state index in [2.05, 4.69) is 13.8 Å². The van der Waals surface area contributed by atoms with Gasteiger partial charge in [0.1, 0.15) is 6.61 Å². The molecule has 0 fully saturated rings. The van der Waals surface area contributed by atoms with Crippen LogP contribution < -0.4 is 5.73 Å². The summed E-state index contributed by atoms with van der Waals surface area (Å²) in [4.78, 5) is 34.8. The third-order valence-corrected chi connectivity index (χ3v) is 10.9. The molecule has 1 unspecified atom stereocenters. The Morgan fingerprint density at radius 2 is 1.00 bits per heavy atom. The Kier molecular flexibility index (Phi) is 40.9. The number of esters is 2. The van der Waals surface area contributed by atoms with Crippen LogP contribution in [0, 0.1) is 0 Å². The van der Waals surface area contributed by atoms with E-state index < -0.39 is 32.5 Å². The summed E-state index contributed by atoms with van der Waals surface area (Å²) in [5.41, 5.74) is 5.34. The highest BCUT2D eigenvalue weighted by Crippen LogP contribution is 2.43. The molecule has 0 rings (SSSR count). The fourth-order valence-electron chi connectivity index (χ4n) is 6.54. The first-order chi connectivity index (χ1) is 26.8. The Morgan fingerprint density at radius 3 is 1.44 bits per heavy atom. The molecule has 0 aliphatic heterocycles. The molecule has 0 heterocycles. The van der Waals surface area contributed by atoms with Gasteiger partial charge in [-0.25, -0.2) is 9.36 Å². The molecule has 0 aromatic heterocycles. The highest BCUT2D eigenvalue weighted by Gasteiger charge is 2.25. The van der Waals surface area contributed by atoms with Gasteiger partial charge in [-0.15, -0.1) is 0 Å². The van der Waals surface area contributed by atoms with Gasteiger partial charge in [0.05, 0.1) is 13.2 Å². The zero-order valence-corrected chi connectivity index (χ0v) is 36.6. The van der Waals surface area contributed by atoms with Gasteiger partial charge in [-0.3, -0.25) is 13.8 Å². The smallest absolute Gasteiger partial charge is 0.462 e. The molecule has 0 aromatic rings. The molecule has 0 saturated heterocycles. The van der Waals surface area contributed by atoms with Crippen molar-refractivity contribution in [1.82, 2.24) is 0 Å². The number of hydrogen-bond acceptors (Lipinski definition) is 8. The van der Waals surface area contributed by atoms with Crippen molar-refractivity contribution in [1.29, 1.82) is 0 Å². The molecule has 0 aliphatic carbocycles. The normalized spacial score (nSPS) is 13.5. The van der Waals surface area contributed by atoms with E-state index in [1.165, 1.54) is 173 Å².